The molecule has 0 atom stereocenters. The lowest BCUT2D eigenvalue weighted by molar-refractivity contribution is -0.140. The summed E-state index contributed by atoms with van der Waals surface area (Å²) in [5, 5.41) is 13.9. The van der Waals surface area contributed by atoms with E-state index in [-0.39, 0.29) is 11.3 Å². The molecule has 2 aromatic heterocycles. The van der Waals surface area contributed by atoms with Gasteiger partial charge >= 0.3 is 0 Å². The van der Waals surface area contributed by atoms with Crippen molar-refractivity contribution in [2.75, 3.05) is 13.1 Å². The summed E-state index contributed by atoms with van der Waals surface area (Å²) in [4.78, 5) is 15.1. The maximum atomic E-state index is 12.3. The van der Waals surface area contributed by atoms with Gasteiger partial charge in [0.25, 0.3) is 0 Å². The first kappa shape index (κ1) is 14.4. The van der Waals surface area contributed by atoms with Crippen LogP contribution in [-0.4, -0.2) is 43.7 Å². The number of amides is 1. The second-order valence-corrected chi connectivity index (χ2v) is 7.69. The number of aryl methyl sites for hydroxylation is 1. The van der Waals surface area contributed by atoms with Crippen LogP contribution >= 0.6 is 11.3 Å². The molecule has 0 spiro atoms. The standard InChI is InChI=1S/C14H21N5OS/c1-9-15-16-13-19(9)17-11(21-13)10-5-7-18(8-6-10)12(20)14(2,3)4/h10H,5-8H2,1-4H3. The molecule has 0 radical (unpaired) electrons. The van der Waals surface area contributed by atoms with Gasteiger partial charge in [-0.3, -0.25) is 4.79 Å². The zero-order valence-electron chi connectivity index (χ0n) is 13.0. The van der Waals surface area contributed by atoms with Gasteiger partial charge in [0.1, 0.15) is 5.01 Å². The summed E-state index contributed by atoms with van der Waals surface area (Å²) in [5.74, 6) is 1.50. The van der Waals surface area contributed by atoms with Crippen molar-refractivity contribution in [3.05, 3.63) is 10.8 Å². The molecule has 0 bridgehead atoms. The van der Waals surface area contributed by atoms with E-state index in [1.165, 1.54) is 0 Å². The third-order valence-corrected chi connectivity index (χ3v) is 5.00. The predicted molar refractivity (Wildman–Crippen MR) is 81.4 cm³/mol. The van der Waals surface area contributed by atoms with Gasteiger partial charge in [0.15, 0.2) is 5.82 Å². The van der Waals surface area contributed by atoms with Crippen molar-refractivity contribution < 1.29 is 4.79 Å². The van der Waals surface area contributed by atoms with Crippen LogP contribution in [-0.2, 0) is 4.79 Å². The minimum absolute atomic E-state index is 0.245. The number of hydrogen-bond acceptors (Lipinski definition) is 5. The van der Waals surface area contributed by atoms with Crippen molar-refractivity contribution >= 4 is 22.2 Å². The van der Waals surface area contributed by atoms with Crippen molar-refractivity contribution in [2.45, 2.75) is 46.5 Å². The predicted octanol–water partition coefficient (Wildman–Crippen LogP) is 2.25. The summed E-state index contributed by atoms with van der Waals surface area (Å²) >= 11 is 1.61. The minimum Gasteiger partial charge on any atom is -0.342 e. The maximum absolute atomic E-state index is 12.3. The fourth-order valence-corrected chi connectivity index (χ4v) is 3.75. The first-order valence-corrected chi connectivity index (χ1v) is 8.16. The van der Waals surface area contributed by atoms with Crippen molar-refractivity contribution in [2.24, 2.45) is 5.41 Å². The van der Waals surface area contributed by atoms with Gasteiger partial charge in [-0.15, -0.1) is 10.2 Å². The number of piperidine rings is 1. The molecule has 0 aliphatic carbocycles. The highest BCUT2D eigenvalue weighted by molar-refractivity contribution is 7.16. The summed E-state index contributed by atoms with van der Waals surface area (Å²) in [7, 11) is 0. The molecular formula is C14H21N5OS. The molecule has 0 N–H and O–H groups in total. The summed E-state index contributed by atoms with van der Waals surface area (Å²) in [6.45, 7) is 9.49. The number of carbonyl (C=O) groups is 1. The highest BCUT2D eigenvalue weighted by atomic mass is 32.1. The number of carbonyl (C=O) groups excluding carboxylic acids is 1. The summed E-state index contributed by atoms with van der Waals surface area (Å²) in [6, 6.07) is 0. The van der Waals surface area contributed by atoms with Gasteiger partial charge in [-0.2, -0.15) is 9.61 Å². The van der Waals surface area contributed by atoms with Gasteiger partial charge in [-0.1, -0.05) is 32.1 Å². The first-order chi connectivity index (χ1) is 9.86. The van der Waals surface area contributed by atoms with E-state index in [1.54, 1.807) is 11.3 Å². The fourth-order valence-electron chi connectivity index (χ4n) is 2.70. The summed E-state index contributed by atoms with van der Waals surface area (Å²) in [6.07, 6.45) is 1.95. The van der Waals surface area contributed by atoms with E-state index in [1.807, 2.05) is 37.1 Å². The van der Waals surface area contributed by atoms with Crippen LogP contribution in [0.1, 0.15) is 50.4 Å². The zero-order chi connectivity index (χ0) is 15.2. The Hall–Kier alpha value is -1.50. The van der Waals surface area contributed by atoms with Crippen LogP contribution in [0, 0.1) is 12.3 Å². The van der Waals surface area contributed by atoms with Crippen LogP contribution in [0.2, 0.25) is 0 Å². The van der Waals surface area contributed by atoms with Crippen LogP contribution in [0.5, 0.6) is 0 Å². The molecule has 2 aromatic rings. The molecule has 1 saturated heterocycles. The molecule has 1 aliphatic heterocycles. The van der Waals surface area contributed by atoms with Gasteiger partial charge < -0.3 is 4.90 Å². The van der Waals surface area contributed by atoms with Gasteiger partial charge in [0.05, 0.1) is 0 Å². The molecule has 7 heteroatoms. The van der Waals surface area contributed by atoms with E-state index < -0.39 is 0 Å². The van der Waals surface area contributed by atoms with E-state index in [9.17, 15) is 4.79 Å². The van der Waals surface area contributed by atoms with Crippen molar-refractivity contribution in [3.8, 4) is 0 Å². The number of fused-ring (bicyclic) bond motifs is 1. The molecule has 3 rings (SSSR count). The Bertz CT molecular complexity index is 660. The molecular weight excluding hydrogens is 286 g/mol. The smallest absolute Gasteiger partial charge is 0.234 e. The van der Waals surface area contributed by atoms with Crippen LogP contribution in [0.25, 0.3) is 4.96 Å². The second kappa shape index (κ2) is 5.05. The Morgan fingerprint density at radius 1 is 1.24 bits per heavy atom. The maximum Gasteiger partial charge on any atom is 0.234 e. The molecule has 6 nitrogen and oxygen atoms in total. The van der Waals surface area contributed by atoms with Gasteiger partial charge in [0, 0.05) is 24.4 Å². The molecule has 1 aliphatic rings. The lowest BCUT2D eigenvalue weighted by atomic mass is 9.91. The molecule has 0 saturated carbocycles. The third-order valence-electron chi connectivity index (χ3n) is 3.94. The third kappa shape index (κ3) is 2.66. The average Bonchev–Trinajstić information content (AvgIpc) is 3.00. The van der Waals surface area contributed by atoms with Gasteiger partial charge in [-0.05, 0) is 19.8 Å². The Morgan fingerprint density at radius 2 is 1.90 bits per heavy atom. The molecule has 3 heterocycles. The van der Waals surface area contributed by atoms with Crippen LogP contribution in [0.3, 0.4) is 0 Å². The largest absolute Gasteiger partial charge is 0.342 e. The van der Waals surface area contributed by atoms with Crippen LogP contribution in [0.4, 0.5) is 0 Å². The van der Waals surface area contributed by atoms with Crippen molar-refractivity contribution in [1.82, 2.24) is 24.7 Å². The summed E-state index contributed by atoms with van der Waals surface area (Å²) < 4.78 is 1.81. The lowest BCUT2D eigenvalue weighted by Gasteiger charge is -2.35. The van der Waals surface area contributed by atoms with Crippen LogP contribution in [0.15, 0.2) is 0 Å². The lowest BCUT2D eigenvalue weighted by Crippen LogP contribution is -2.43. The monoisotopic (exact) mass is 307 g/mol. The Labute approximate surface area is 128 Å². The Kier molecular flexibility index (Phi) is 3.47. The molecule has 1 fully saturated rings. The Morgan fingerprint density at radius 3 is 2.48 bits per heavy atom. The fraction of sp³-hybridized carbons (Fsp3) is 0.714. The quantitative estimate of drug-likeness (QED) is 0.810. The molecule has 0 aromatic carbocycles. The first-order valence-electron chi connectivity index (χ1n) is 7.34. The number of nitrogens with zero attached hydrogens (tertiary/aromatic N) is 5. The number of likely N-dealkylation sites (tertiary alicyclic amines) is 1. The Balaban J connectivity index is 1.69. The number of hydrogen-bond donors (Lipinski definition) is 0. The van der Waals surface area contributed by atoms with E-state index in [2.05, 4.69) is 15.3 Å². The van der Waals surface area contributed by atoms with E-state index in [0.717, 1.165) is 41.7 Å². The second-order valence-electron chi connectivity index (χ2n) is 6.70. The van der Waals surface area contributed by atoms with E-state index in [0.29, 0.717) is 5.92 Å². The topological polar surface area (TPSA) is 63.4 Å². The molecule has 114 valence electrons. The SMILES string of the molecule is Cc1nnc2sc(C3CCN(C(=O)C(C)(C)C)CC3)nn12. The molecule has 0 unspecified atom stereocenters. The van der Waals surface area contributed by atoms with E-state index in [4.69, 9.17) is 0 Å². The average molecular weight is 307 g/mol. The minimum atomic E-state index is -0.294. The zero-order valence-corrected chi connectivity index (χ0v) is 13.8. The van der Waals surface area contributed by atoms with Gasteiger partial charge in [0.2, 0.25) is 10.9 Å². The normalized spacial score (nSPS) is 17.6. The van der Waals surface area contributed by atoms with Crippen LogP contribution < -0.4 is 0 Å². The number of aromatic nitrogens is 4. The number of rotatable bonds is 1. The van der Waals surface area contributed by atoms with Crippen molar-refractivity contribution in [1.29, 1.82) is 0 Å². The molecule has 1 amide bonds. The van der Waals surface area contributed by atoms with E-state index >= 15 is 0 Å². The van der Waals surface area contributed by atoms with Gasteiger partial charge in [-0.25, -0.2) is 0 Å². The highest BCUT2D eigenvalue weighted by Crippen LogP contribution is 2.32. The van der Waals surface area contributed by atoms with Crippen molar-refractivity contribution in [3.63, 3.8) is 0 Å². The molecule has 21 heavy (non-hydrogen) atoms. The highest BCUT2D eigenvalue weighted by Gasteiger charge is 2.31. The summed E-state index contributed by atoms with van der Waals surface area (Å²) in [5.41, 5.74) is -0.294.